The maximum atomic E-state index is 13.1. The van der Waals surface area contributed by atoms with E-state index >= 15 is 0 Å². The smallest absolute Gasteiger partial charge is 0.351 e. The van der Waals surface area contributed by atoms with Crippen LogP contribution in [0.5, 0.6) is 0 Å². The highest BCUT2D eigenvalue weighted by Crippen LogP contribution is 2.33. The highest BCUT2D eigenvalue weighted by Gasteiger charge is 2.46. The molecule has 2 heterocycles. The number of nitrogens with one attached hydrogen (secondary N) is 1. The lowest BCUT2D eigenvalue weighted by Crippen LogP contribution is -2.51. The van der Waals surface area contributed by atoms with E-state index in [9.17, 15) is 18.0 Å². The molecule has 1 unspecified atom stereocenters. The van der Waals surface area contributed by atoms with Crippen LogP contribution in [0, 0.1) is 0 Å². The number of amides is 1. The molecule has 1 aliphatic heterocycles. The number of H-pyrrole nitrogens is 1. The van der Waals surface area contributed by atoms with Crippen molar-refractivity contribution in [2.45, 2.75) is 31.5 Å². The standard InChI is InChI=1S/C15H14BrF3N2O/c16-10-4-5-11-9(7-10)8-12(20-11)14(22)21-6-2-1-3-13(21)15(17,18)19/h4-5,7-8,13,20H,1-3,6H2. The number of piperidine rings is 1. The summed E-state index contributed by atoms with van der Waals surface area (Å²) in [5.74, 6) is -0.589. The Morgan fingerprint density at radius 3 is 2.77 bits per heavy atom. The molecule has 0 bridgehead atoms. The van der Waals surface area contributed by atoms with Crippen molar-refractivity contribution < 1.29 is 18.0 Å². The summed E-state index contributed by atoms with van der Waals surface area (Å²) >= 11 is 3.33. The average Bonchev–Trinajstić information content (AvgIpc) is 2.88. The summed E-state index contributed by atoms with van der Waals surface area (Å²) in [5.41, 5.74) is 0.927. The van der Waals surface area contributed by atoms with Crippen LogP contribution < -0.4 is 0 Å². The molecule has 22 heavy (non-hydrogen) atoms. The van der Waals surface area contributed by atoms with E-state index < -0.39 is 18.1 Å². The third kappa shape index (κ3) is 2.86. The summed E-state index contributed by atoms with van der Waals surface area (Å²) in [6.45, 7) is 0.141. The summed E-state index contributed by atoms with van der Waals surface area (Å²) < 4.78 is 40.2. The van der Waals surface area contributed by atoms with Crippen molar-refractivity contribution in [1.82, 2.24) is 9.88 Å². The van der Waals surface area contributed by atoms with Crippen molar-refractivity contribution in [3.05, 3.63) is 34.4 Å². The van der Waals surface area contributed by atoms with Gasteiger partial charge in [-0.2, -0.15) is 13.2 Å². The van der Waals surface area contributed by atoms with Crippen molar-refractivity contribution in [2.75, 3.05) is 6.54 Å². The number of likely N-dealkylation sites (tertiary alicyclic amines) is 1. The molecule has 3 nitrogen and oxygen atoms in total. The summed E-state index contributed by atoms with van der Waals surface area (Å²) in [6.07, 6.45) is -3.32. The fourth-order valence-corrected chi connectivity index (χ4v) is 3.27. The van der Waals surface area contributed by atoms with Gasteiger partial charge in [0.05, 0.1) is 0 Å². The lowest BCUT2D eigenvalue weighted by atomic mass is 10.0. The van der Waals surface area contributed by atoms with E-state index in [0.29, 0.717) is 12.8 Å². The summed E-state index contributed by atoms with van der Waals surface area (Å²) in [6, 6.07) is 5.33. The molecule has 2 aromatic rings. The number of carbonyl (C=O) groups is 1. The van der Waals surface area contributed by atoms with Gasteiger partial charge in [0.2, 0.25) is 0 Å². The Morgan fingerprint density at radius 1 is 1.27 bits per heavy atom. The van der Waals surface area contributed by atoms with Crippen molar-refractivity contribution in [3.63, 3.8) is 0 Å². The van der Waals surface area contributed by atoms with Gasteiger partial charge in [-0.1, -0.05) is 15.9 Å². The quantitative estimate of drug-likeness (QED) is 0.784. The van der Waals surface area contributed by atoms with Gasteiger partial charge in [0.15, 0.2) is 0 Å². The molecule has 1 atom stereocenters. The van der Waals surface area contributed by atoms with Gasteiger partial charge < -0.3 is 9.88 Å². The molecule has 1 aromatic heterocycles. The van der Waals surface area contributed by atoms with Crippen LogP contribution in [0.1, 0.15) is 29.8 Å². The van der Waals surface area contributed by atoms with Gasteiger partial charge in [0.25, 0.3) is 5.91 Å². The molecule has 1 aliphatic rings. The molecule has 0 spiro atoms. The van der Waals surface area contributed by atoms with Gasteiger partial charge in [0, 0.05) is 21.9 Å². The number of alkyl halides is 3. The number of hydrogen-bond acceptors (Lipinski definition) is 1. The number of aromatic nitrogens is 1. The first kappa shape index (κ1) is 15.4. The molecular weight excluding hydrogens is 361 g/mol. The van der Waals surface area contributed by atoms with Gasteiger partial charge in [-0.25, -0.2) is 0 Å². The molecule has 0 radical (unpaired) electrons. The van der Waals surface area contributed by atoms with Crippen molar-refractivity contribution in [3.8, 4) is 0 Å². The van der Waals surface area contributed by atoms with Crippen molar-refractivity contribution in [1.29, 1.82) is 0 Å². The Balaban J connectivity index is 1.93. The maximum Gasteiger partial charge on any atom is 0.408 e. The topological polar surface area (TPSA) is 36.1 Å². The minimum absolute atomic E-state index is 0.0268. The third-order valence-corrected chi connectivity index (χ3v) is 4.45. The zero-order chi connectivity index (χ0) is 15.9. The second-order valence-corrected chi connectivity index (χ2v) is 6.38. The Labute approximate surface area is 133 Å². The molecule has 1 saturated heterocycles. The van der Waals surface area contributed by atoms with Crippen molar-refractivity contribution in [2.24, 2.45) is 0 Å². The zero-order valence-electron chi connectivity index (χ0n) is 11.6. The lowest BCUT2D eigenvalue weighted by Gasteiger charge is -2.36. The largest absolute Gasteiger partial charge is 0.408 e. The first-order valence-corrected chi connectivity index (χ1v) is 7.81. The van der Waals surface area contributed by atoms with E-state index in [1.807, 2.05) is 12.1 Å². The fourth-order valence-electron chi connectivity index (χ4n) is 2.89. The molecule has 7 heteroatoms. The number of rotatable bonds is 1. The molecular formula is C15H14BrF3N2O. The predicted octanol–water partition coefficient (Wildman–Crippen LogP) is 4.49. The Hall–Kier alpha value is -1.50. The normalized spacial score (nSPS) is 19.6. The van der Waals surface area contributed by atoms with Gasteiger partial charge >= 0.3 is 6.18 Å². The Morgan fingerprint density at radius 2 is 2.05 bits per heavy atom. The molecule has 0 saturated carbocycles. The van der Waals surface area contributed by atoms with Crippen molar-refractivity contribution >= 4 is 32.7 Å². The Kier molecular flexibility index (Phi) is 3.92. The van der Waals surface area contributed by atoms with Crippen LogP contribution in [0.25, 0.3) is 10.9 Å². The number of hydrogen-bond donors (Lipinski definition) is 1. The van der Waals surface area contributed by atoms with Gasteiger partial charge in [-0.05, 0) is 43.5 Å². The van der Waals surface area contributed by atoms with Gasteiger partial charge in [-0.15, -0.1) is 0 Å². The minimum atomic E-state index is -4.38. The van der Waals surface area contributed by atoms with E-state index in [1.165, 1.54) is 0 Å². The predicted molar refractivity (Wildman–Crippen MR) is 80.7 cm³/mol. The van der Waals surface area contributed by atoms with E-state index in [4.69, 9.17) is 0 Å². The number of aromatic amines is 1. The monoisotopic (exact) mass is 374 g/mol. The van der Waals surface area contributed by atoms with Crippen LogP contribution in [0.4, 0.5) is 13.2 Å². The molecule has 3 rings (SSSR count). The molecule has 1 N–H and O–H groups in total. The first-order chi connectivity index (χ1) is 10.4. The minimum Gasteiger partial charge on any atom is -0.351 e. The third-order valence-electron chi connectivity index (χ3n) is 3.95. The van der Waals surface area contributed by atoms with E-state index in [2.05, 4.69) is 20.9 Å². The summed E-state index contributed by atoms with van der Waals surface area (Å²) in [7, 11) is 0. The average molecular weight is 375 g/mol. The van der Waals surface area contributed by atoms with E-state index in [-0.39, 0.29) is 18.7 Å². The number of benzene rings is 1. The summed E-state index contributed by atoms with van der Waals surface area (Å²) in [4.78, 5) is 16.4. The van der Waals surface area contributed by atoms with E-state index in [0.717, 1.165) is 20.3 Å². The van der Waals surface area contributed by atoms with Crippen LogP contribution in [0.2, 0.25) is 0 Å². The van der Waals surface area contributed by atoms with Crippen LogP contribution in [-0.2, 0) is 0 Å². The van der Waals surface area contributed by atoms with Gasteiger partial charge in [-0.3, -0.25) is 4.79 Å². The van der Waals surface area contributed by atoms with Crippen LogP contribution in [0.3, 0.4) is 0 Å². The number of carbonyl (C=O) groups excluding carboxylic acids is 1. The highest BCUT2D eigenvalue weighted by molar-refractivity contribution is 9.10. The van der Waals surface area contributed by atoms with Gasteiger partial charge in [0.1, 0.15) is 11.7 Å². The SMILES string of the molecule is O=C(c1cc2cc(Br)ccc2[nH]1)N1CCCCC1C(F)(F)F. The second kappa shape index (κ2) is 5.61. The van der Waals surface area contributed by atoms with Crippen LogP contribution in [0.15, 0.2) is 28.7 Å². The molecule has 0 aliphatic carbocycles. The molecule has 118 valence electrons. The van der Waals surface area contributed by atoms with Crippen LogP contribution in [-0.4, -0.2) is 34.6 Å². The maximum absolute atomic E-state index is 13.1. The number of nitrogens with zero attached hydrogens (tertiary/aromatic N) is 1. The fraction of sp³-hybridized carbons (Fsp3) is 0.400. The lowest BCUT2D eigenvalue weighted by molar-refractivity contribution is -0.183. The first-order valence-electron chi connectivity index (χ1n) is 7.02. The van der Waals surface area contributed by atoms with Crippen LogP contribution >= 0.6 is 15.9 Å². The highest BCUT2D eigenvalue weighted by atomic mass is 79.9. The molecule has 1 fully saturated rings. The molecule has 1 aromatic carbocycles. The Bertz CT molecular complexity index is 710. The second-order valence-electron chi connectivity index (χ2n) is 5.47. The number of fused-ring (bicyclic) bond motifs is 1. The summed E-state index contributed by atoms with van der Waals surface area (Å²) in [5, 5.41) is 0.790. The van der Waals surface area contributed by atoms with E-state index in [1.54, 1.807) is 12.1 Å². The number of halogens is 4. The molecule has 1 amide bonds. The zero-order valence-corrected chi connectivity index (χ0v) is 13.2.